The van der Waals surface area contributed by atoms with E-state index in [1.54, 1.807) is 6.20 Å². The maximum atomic E-state index is 12.8. The van der Waals surface area contributed by atoms with Crippen LogP contribution < -0.4 is 5.32 Å². The number of hydrogen-bond acceptors (Lipinski definition) is 4. The molecule has 0 bridgehead atoms. The maximum Gasteiger partial charge on any atom is 0.416 e. The van der Waals surface area contributed by atoms with Crippen LogP contribution in [0, 0.1) is 0 Å². The van der Waals surface area contributed by atoms with Gasteiger partial charge in [0, 0.05) is 24.8 Å². The van der Waals surface area contributed by atoms with Gasteiger partial charge in [-0.3, -0.25) is 4.79 Å². The van der Waals surface area contributed by atoms with Crippen LogP contribution in [0.5, 0.6) is 0 Å². The lowest BCUT2D eigenvalue weighted by Crippen LogP contribution is -2.38. The van der Waals surface area contributed by atoms with Crippen LogP contribution in [0.1, 0.15) is 35.4 Å². The van der Waals surface area contributed by atoms with Crippen molar-refractivity contribution in [2.24, 2.45) is 0 Å². The van der Waals surface area contributed by atoms with Crippen LogP contribution in [-0.2, 0) is 27.4 Å². The fraction of sp³-hybridized carbons (Fsp3) is 0.368. The van der Waals surface area contributed by atoms with Gasteiger partial charge in [0.2, 0.25) is 15.9 Å². The zero-order chi connectivity index (χ0) is 20.8. The van der Waals surface area contributed by atoms with E-state index >= 15 is 0 Å². The fourth-order valence-electron chi connectivity index (χ4n) is 3.89. The topological polar surface area (TPSA) is 79.4 Å². The molecule has 1 aromatic heterocycles. The monoisotopic (exact) mass is 425 g/mol. The van der Waals surface area contributed by atoms with Crippen molar-refractivity contribution in [2.75, 3.05) is 18.4 Å². The molecule has 2 aliphatic rings. The van der Waals surface area contributed by atoms with Crippen molar-refractivity contribution in [1.82, 2.24) is 9.29 Å². The van der Waals surface area contributed by atoms with Crippen molar-refractivity contribution in [3.8, 4) is 0 Å². The van der Waals surface area contributed by atoms with E-state index in [-0.39, 0.29) is 36.2 Å². The van der Waals surface area contributed by atoms with Gasteiger partial charge < -0.3 is 5.32 Å². The van der Waals surface area contributed by atoms with Crippen LogP contribution in [0.25, 0.3) is 0 Å². The molecular formula is C19H18F3N3O3S. The van der Waals surface area contributed by atoms with E-state index in [0.717, 1.165) is 35.4 Å². The van der Waals surface area contributed by atoms with Gasteiger partial charge in [-0.2, -0.15) is 17.5 Å². The predicted octanol–water partition coefficient (Wildman–Crippen LogP) is 3.16. The van der Waals surface area contributed by atoms with E-state index in [2.05, 4.69) is 10.3 Å². The number of rotatable bonds is 3. The Hall–Kier alpha value is -2.46. The normalized spacial score (nSPS) is 18.5. The molecule has 3 heterocycles. The number of piperidine rings is 1. The van der Waals surface area contributed by atoms with Crippen molar-refractivity contribution in [3.05, 3.63) is 53.2 Å². The van der Waals surface area contributed by atoms with E-state index in [4.69, 9.17) is 0 Å². The second kappa shape index (κ2) is 7.10. The van der Waals surface area contributed by atoms with Gasteiger partial charge in [0.1, 0.15) is 5.82 Å². The van der Waals surface area contributed by atoms with Gasteiger partial charge in [-0.1, -0.05) is 0 Å². The quantitative estimate of drug-likeness (QED) is 0.819. The third-order valence-corrected chi connectivity index (χ3v) is 7.31. The summed E-state index contributed by atoms with van der Waals surface area (Å²) in [6.45, 7) is 0.513. The molecule has 6 nitrogen and oxygen atoms in total. The fourth-order valence-corrected chi connectivity index (χ4v) is 5.36. The average molecular weight is 425 g/mol. The van der Waals surface area contributed by atoms with E-state index < -0.39 is 21.8 Å². The van der Waals surface area contributed by atoms with Gasteiger partial charge in [0.25, 0.3) is 0 Å². The number of fused-ring (bicyclic) bond motifs is 1. The number of alkyl halides is 3. The maximum absolute atomic E-state index is 12.8. The van der Waals surface area contributed by atoms with E-state index in [9.17, 15) is 26.4 Å². The molecule has 0 aliphatic carbocycles. The van der Waals surface area contributed by atoms with E-state index in [0.29, 0.717) is 18.7 Å². The highest BCUT2D eigenvalue weighted by Crippen LogP contribution is 2.36. The highest BCUT2D eigenvalue weighted by Gasteiger charge is 2.34. The molecule has 0 saturated carbocycles. The number of aromatic nitrogens is 1. The predicted molar refractivity (Wildman–Crippen MR) is 98.7 cm³/mol. The first kappa shape index (κ1) is 19.8. The van der Waals surface area contributed by atoms with Gasteiger partial charge in [-0.15, -0.1) is 0 Å². The van der Waals surface area contributed by atoms with Crippen LogP contribution in [0.15, 0.2) is 41.4 Å². The third-order valence-electron chi connectivity index (χ3n) is 5.40. The van der Waals surface area contributed by atoms with Crippen LogP contribution in [0.4, 0.5) is 19.0 Å². The van der Waals surface area contributed by atoms with Crippen LogP contribution in [0.3, 0.4) is 0 Å². The summed E-state index contributed by atoms with van der Waals surface area (Å²) in [5.74, 6) is 0.549. The Kier molecular flexibility index (Phi) is 4.86. The lowest BCUT2D eigenvalue weighted by molar-refractivity contribution is -0.137. The number of hydrogen-bond donors (Lipinski definition) is 1. The second-order valence-corrected chi connectivity index (χ2v) is 9.09. The molecule has 29 heavy (non-hydrogen) atoms. The van der Waals surface area contributed by atoms with Crippen molar-refractivity contribution < 1.29 is 26.4 Å². The Balaban J connectivity index is 1.49. The number of amides is 1. The first-order valence-electron chi connectivity index (χ1n) is 9.11. The SMILES string of the molecule is O=C1Cc2c(C3CCN(S(=O)(=O)c4ccc(C(F)(F)F)cc4)CC3)ccnc2N1. The van der Waals surface area contributed by atoms with Crippen LogP contribution >= 0.6 is 0 Å². The molecule has 0 atom stereocenters. The first-order chi connectivity index (χ1) is 13.7. The van der Waals surface area contributed by atoms with E-state index in [1.807, 2.05) is 6.07 Å². The highest BCUT2D eigenvalue weighted by atomic mass is 32.2. The number of pyridine rings is 1. The molecule has 2 aliphatic heterocycles. The number of benzene rings is 1. The minimum atomic E-state index is -4.51. The van der Waals surface area contributed by atoms with Crippen molar-refractivity contribution in [2.45, 2.75) is 36.3 Å². The molecule has 1 aromatic carbocycles. The number of carbonyl (C=O) groups is 1. The van der Waals surface area contributed by atoms with Gasteiger partial charge >= 0.3 is 6.18 Å². The Morgan fingerprint density at radius 3 is 2.34 bits per heavy atom. The lowest BCUT2D eigenvalue weighted by atomic mass is 9.87. The van der Waals surface area contributed by atoms with Crippen molar-refractivity contribution >= 4 is 21.7 Å². The molecule has 154 valence electrons. The Labute approximate surface area is 165 Å². The van der Waals surface area contributed by atoms with Gasteiger partial charge in [0.05, 0.1) is 16.9 Å². The zero-order valence-corrected chi connectivity index (χ0v) is 16.1. The number of halogens is 3. The summed E-state index contributed by atoms with van der Waals surface area (Å²) in [6, 6.07) is 5.42. The first-order valence-corrected chi connectivity index (χ1v) is 10.6. The smallest absolute Gasteiger partial charge is 0.310 e. The van der Waals surface area contributed by atoms with Gasteiger partial charge in [-0.25, -0.2) is 13.4 Å². The number of anilines is 1. The molecule has 1 amide bonds. The Morgan fingerprint density at radius 1 is 1.07 bits per heavy atom. The number of carbonyl (C=O) groups excluding carboxylic acids is 1. The molecule has 0 unspecified atom stereocenters. The zero-order valence-electron chi connectivity index (χ0n) is 15.2. The molecule has 0 spiro atoms. The molecule has 1 fully saturated rings. The largest absolute Gasteiger partial charge is 0.416 e. The Morgan fingerprint density at radius 2 is 1.72 bits per heavy atom. The molecule has 1 N–H and O–H groups in total. The summed E-state index contributed by atoms with van der Waals surface area (Å²) in [7, 11) is -3.86. The van der Waals surface area contributed by atoms with Gasteiger partial charge in [-0.05, 0) is 54.7 Å². The number of nitrogens with zero attached hydrogens (tertiary/aromatic N) is 2. The molecule has 10 heteroatoms. The Bertz CT molecular complexity index is 1040. The van der Waals surface area contributed by atoms with Crippen molar-refractivity contribution in [3.63, 3.8) is 0 Å². The summed E-state index contributed by atoms with van der Waals surface area (Å²) in [5.41, 5.74) is 0.978. The third kappa shape index (κ3) is 3.74. The van der Waals surface area contributed by atoms with E-state index in [1.165, 1.54) is 4.31 Å². The second-order valence-electron chi connectivity index (χ2n) is 7.15. The number of sulfonamides is 1. The van der Waals surface area contributed by atoms with Gasteiger partial charge in [0.15, 0.2) is 0 Å². The highest BCUT2D eigenvalue weighted by molar-refractivity contribution is 7.89. The summed E-state index contributed by atoms with van der Waals surface area (Å²) >= 11 is 0. The summed E-state index contributed by atoms with van der Waals surface area (Å²) in [4.78, 5) is 15.7. The number of nitrogens with one attached hydrogen (secondary N) is 1. The van der Waals surface area contributed by atoms with Crippen LogP contribution in [-0.4, -0.2) is 36.7 Å². The van der Waals surface area contributed by atoms with Crippen molar-refractivity contribution in [1.29, 1.82) is 0 Å². The van der Waals surface area contributed by atoms with Crippen LogP contribution in [0.2, 0.25) is 0 Å². The summed E-state index contributed by atoms with van der Waals surface area (Å²) < 4.78 is 65.0. The lowest BCUT2D eigenvalue weighted by Gasteiger charge is -2.32. The molecule has 4 rings (SSSR count). The molecule has 1 saturated heterocycles. The standard InChI is InChI=1S/C19H18F3N3O3S/c20-19(21,22)13-1-3-14(4-2-13)29(27,28)25-9-6-12(7-10-25)15-5-8-23-18-16(15)11-17(26)24-18/h1-5,8,12H,6-7,9-11H2,(H,23,24,26). The molecule has 2 aromatic rings. The minimum Gasteiger partial charge on any atom is -0.310 e. The molecular weight excluding hydrogens is 407 g/mol. The minimum absolute atomic E-state index is 0.0958. The summed E-state index contributed by atoms with van der Waals surface area (Å²) in [6.07, 6.45) is -1.50. The average Bonchev–Trinajstić information content (AvgIpc) is 3.07. The molecule has 0 radical (unpaired) electrons. The summed E-state index contributed by atoms with van der Waals surface area (Å²) in [5, 5.41) is 2.71.